The van der Waals surface area contributed by atoms with Crippen LogP contribution in [0.5, 0.6) is 11.5 Å². The van der Waals surface area contributed by atoms with Crippen molar-refractivity contribution in [1.82, 2.24) is 5.32 Å². The van der Waals surface area contributed by atoms with Gasteiger partial charge in [0.25, 0.3) is 11.8 Å². The quantitative estimate of drug-likeness (QED) is 0.246. The Labute approximate surface area is 201 Å². The number of hydrogen-bond acceptors (Lipinski definition) is 6. The molecule has 0 aliphatic carbocycles. The number of methoxy groups -OCH3 is 1. The molecular formula is C25H22N2O6S. The van der Waals surface area contributed by atoms with Gasteiger partial charge in [-0.3, -0.25) is 19.8 Å². The number of carboxylic acid groups (broad SMARTS) is 1. The van der Waals surface area contributed by atoms with Gasteiger partial charge in [0, 0.05) is 5.56 Å². The highest BCUT2D eigenvalue weighted by atomic mass is 32.1. The maximum absolute atomic E-state index is 13.3. The Balaban J connectivity index is 2.07. The summed E-state index contributed by atoms with van der Waals surface area (Å²) in [7, 11) is 1.48. The van der Waals surface area contributed by atoms with E-state index in [1.165, 1.54) is 37.5 Å². The molecule has 1 saturated heterocycles. The van der Waals surface area contributed by atoms with Crippen LogP contribution >= 0.6 is 12.2 Å². The summed E-state index contributed by atoms with van der Waals surface area (Å²) < 4.78 is 11.2. The van der Waals surface area contributed by atoms with Crippen molar-refractivity contribution in [1.29, 1.82) is 0 Å². The minimum atomic E-state index is -1.15. The zero-order valence-electron chi connectivity index (χ0n) is 18.4. The Morgan fingerprint density at radius 2 is 1.97 bits per heavy atom. The molecule has 2 amide bonds. The zero-order chi connectivity index (χ0) is 24.8. The van der Waals surface area contributed by atoms with Crippen LogP contribution in [0.1, 0.15) is 21.5 Å². The van der Waals surface area contributed by atoms with Crippen molar-refractivity contribution in [3.63, 3.8) is 0 Å². The number of thiocarbonyl (C=S) groups is 1. The lowest BCUT2D eigenvalue weighted by molar-refractivity contribution is -0.122. The molecule has 1 heterocycles. The Hall–Kier alpha value is -4.24. The number of hydrogen-bond donors (Lipinski definition) is 2. The number of rotatable bonds is 9. The molecule has 0 aromatic heterocycles. The third-order valence-electron chi connectivity index (χ3n) is 4.85. The molecule has 0 spiro atoms. The van der Waals surface area contributed by atoms with Crippen LogP contribution in [0.2, 0.25) is 0 Å². The molecule has 2 aromatic carbocycles. The third kappa shape index (κ3) is 5.05. The van der Waals surface area contributed by atoms with Gasteiger partial charge in [0.1, 0.15) is 12.2 Å². The molecule has 3 rings (SSSR count). The minimum Gasteiger partial charge on any atom is -0.493 e. The van der Waals surface area contributed by atoms with Crippen molar-refractivity contribution in [2.45, 2.75) is 6.42 Å². The van der Waals surface area contributed by atoms with Crippen LogP contribution in [-0.2, 0) is 16.0 Å². The SMILES string of the molecule is C=CCOc1c(CC=C)cc(C=C2C(=O)NC(=S)N(c3cccc(C(=O)O)c3)C2=O)cc1OC. The van der Waals surface area contributed by atoms with E-state index >= 15 is 0 Å². The summed E-state index contributed by atoms with van der Waals surface area (Å²) in [6, 6.07) is 9.12. The van der Waals surface area contributed by atoms with Crippen LogP contribution in [0.3, 0.4) is 0 Å². The first-order valence-electron chi connectivity index (χ1n) is 10.1. The number of aromatic carboxylic acids is 1. The first-order valence-corrected chi connectivity index (χ1v) is 10.5. The van der Waals surface area contributed by atoms with Crippen molar-refractivity contribution in [2.75, 3.05) is 18.6 Å². The van der Waals surface area contributed by atoms with Gasteiger partial charge in [-0.15, -0.1) is 6.58 Å². The maximum Gasteiger partial charge on any atom is 0.335 e. The van der Waals surface area contributed by atoms with E-state index < -0.39 is 17.8 Å². The fraction of sp³-hybridized carbons (Fsp3) is 0.120. The number of carbonyl (C=O) groups excluding carboxylic acids is 2. The van der Waals surface area contributed by atoms with E-state index in [1.54, 1.807) is 24.3 Å². The Kier molecular flexibility index (Phi) is 7.60. The molecular weight excluding hydrogens is 456 g/mol. The van der Waals surface area contributed by atoms with E-state index in [2.05, 4.69) is 18.5 Å². The van der Waals surface area contributed by atoms with Crippen molar-refractivity contribution in [2.24, 2.45) is 0 Å². The van der Waals surface area contributed by atoms with Gasteiger partial charge in [-0.2, -0.15) is 0 Å². The normalized spacial score (nSPS) is 14.6. The summed E-state index contributed by atoms with van der Waals surface area (Å²) in [6.07, 6.45) is 5.17. The first-order chi connectivity index (χ1) is 16.3. The minimum absolute atomic E-state index is 0.0237. The molecule has 1 aliphatic heterocycles. The average Bonchev–Trinajstić information content (AvgIpc) is 2.81. The summed E-state index contributed by atoms with van der Waals surface area (Å²) in [5.41, 5.74) is 1.28. The van der Waals surface area contributed by atoms with E-state index in [4.69, 9.17) is 21.7 Å². The molecule has 0 saturated carbocycles. The van der Waals surface area contributed by atoms with Gasteiger partial charge in [0.2, 0.25) is 0 Å². The van der Waals surface area contributed by atoms with Crippen molar-refractivity contribution < 1.29 is 29.0 Å². The fourth-order valence-corrected chi connectivity index (χ4v) is 3.65. The van der Waals surface area contributed by atoms with Crippen molar-refractivity contribution in [3.8, 4) is 11.5 Å². The number of anilines is 1. The number of nitrogens with zero attached hydrogens (tertiary/aromatic N) is 1. The highest BCUT2D eigenvalue weighted by molar-refractivity contribution is 7.80. The average molecular weight is 479 g/mol. The second kappa shape index (κ2) is 10.6. The monoisotopic (exact) mass is 478 g/mol. The van der Waals surface area contributed by atoms with Crippen LogP contribution in [0.15, 0.2) is 67.3 Å². The molecule has 34 heavy (non-hydrogen) atoms. The smallest absolute Gasteiger partial charge is 0.335 e. The Bertz CT molecular complexity index is 1230. The van der Waals surface area contributed by atoms with Crippen LogP contribution < -0.4 is 19.7 Å². The van der Waals surface area contributed by atoms with E-state index in [-0.39, 0.29) is 28.5 Å². The molecule has 9 heteroatoms. The summed E-state index contributed by atoms with van der Waals surface area (Å²) in [6.45, 7) is 7.67. The molecule has 1 aliphatic rings. The van der Waals surface area contributed by atoms with Crippen molar-refractivity contribution in [3.05, 3.63) is 84.0 Å². The number of carboxylic acids is 1. The summed E-state index contributed by atoms with van der Waals surface area (Å²) in [5.74, 6) is -1.59. The summed E-state index contributed by atoms with van der Waals surface area (Å²) in [5, 5.41) is 11.6. The van der Waals surface area contributed by atoms with Crippen LogP contribution in [0, 0.1) is 0 Å². The molecule has 8 nitrogen and oxygen atoms in total. The van der Waals surface area contributed by atoms with Gasteiger partial charge in [0.15, 0.2) is 16.6 Å². The Morgan fingerprint density at radius 3 is 2.62 bits per heavy atom. The molecule has 0 atom stereocenters. The number of amides is 2. The Morgan fingerprint density at radius 1 is 1.21 bits per heavy atom. The highest BCUT2D eigenvalue weighted by Crippen LogP contribution is 2.35. The molecule has 1 fully saturated rings. The lowest BCUT2D eigenvalue weighted by atomic mass is 10.0. The number of benzene rings is 2. The predicted octanol–water partition coefficient (Wildman–Crippen LogP) is 3.52. The molecule has 0 radical (unpaired) electrons. The third-order valence-corrected chi connectivity index (χ3v) is 5.13. The van der Waals surface area contributed by atoms with E-state index in [0.717, 1.165) is 10.5 Å². The van der Waals surface area contributed by atoms with Gasteiger partial charge >= 0.3 is 5.97 Å². The summed E-state index contributed by atoms with van der Waals surface area (Å²) >= 11 is 5.19. The fourth-order valence-electron chi connectivity index (χ4n) is 3.37. The molecule has 0 unspecified atom stereocenters. The number of nitrogens with one attached hydrogen (secondary N) is 1. The predicted molar refractivity (Wildman–Crippen MR) is 132 cm³/mol. The van der Waals surface area contributed by atoms with E-state index in [0.29, 0.717) is 23.5 Å². The number of carbonyl (C=O) groups is 3. The lowest BCUT2D eigenvalue weighted by Crippen LogP contribution is -2.54. The van der Waals surface area contributed by atoms with Gasteiger partial charge in [-0.25, -0.2) is 4.79 Å². The lowest BCUT2D eigenvalue weighted by Gasteiger charge is -2.29. The van der Waals surface area contributed by atoms with Crippen LogP contribution in [0.4, 0.5) is 5.69 Å². The van der Waals surface area contributed by atoms with Gasteiger partial charge < -0.3 is 14.6 Å². The van der Waals surface area contributed by atoms with Crippen LogP contribution in [-0.4, -0.2) is 41.7 Å². The highest BCUT2D eigenvalue weighted by Gasteiger charge is 2.34. The molecule has 174 valence electrons. The van der Waals surface area contributed by atoms with Gasteiger partial charge in [0.05, 0.1) is 18.4 Å². The van der Waals surface area contributed by atoms with Crippen molar-refractivity contribution >= 4 is 46.9 Å². The van der Waals surface area contributed by atoms with E-state index in [1.807, 2.05) is 0 Å². The first kappa shape index (κ1) is 24.4. The molecule has 2 N–H and O–H groups in total. The second-order valence-corrected chi connectivity index (χ2v) is 7.50. The largest absolute Gasteiger partial charge is 0.493 e. The van der Waals surface area contributed by atoms with Gasteiger partial charge in [-0.1, -0.05) is 24.8 Å². The van der Waals surface area contributed by atoms with E-state index in [9.17, 15) is 19.5 Å². The standard InChI is InChI=1S/C25H22N2O6S/c1-4-7-16-11-15(13-20(32-3)21(16)33-10-5-2)12-19-22(28)26-25(34)27(23(19)29)18-9-6-8-17(14-18)24(30)31/h4-6,8-9,11-14H,1-2,7,10H2,3H3,(H,30,31)(H,26,28,34). The summed E-state index contributed by atoms with van der Waals surface area (Å²) in [4.78, 5) is 38.4. The second-order valence-electron chi connectivity index (χ2n) is 7.12. The number of allylic oxidation sites excluding steroid dienone is 1. The number of ether oxygens (including phenoxy) is 2. The van der Waals surface area contributed by atoms with Gasteiger partial charge in [-0.05, 0) is 60.6 Å². The topological polar surface area (TPSA) is 105 Å². The molecule has 0 bridgehead atoms. The zero-order valence-corrected chi connectivity index (χ0v) is 19.2. The maximum atomic E-state index is 13.3. The molecule has 2 aromatic rings. The van der Waals surface area contributed by atoms with Crippen LogP contribution in [0.25, 0.3) is 6.08 Å².